The molecule has 1 heterocycles. The minimum Gasteiger partial charge on any atom is -0.309 e. The van der Waals surface area contributed by atoms with E-state index in [0.29, 0.717) is 0 Å². The highest BCUT2D eigenvalue weighted by Gasteiger charge is 2.14. The number of aromatic nitrogens is 1. The van der Waals surface area contributed by atoms with Gasteiger partial charge in [0, 0.05) is 21.5 Å². The third kappa shape index (κ3) is 3.98. The zero-order valence-corrected chi connectivity index (χ0v) is 21.4. The van der Waals surface area contributed by atoms with Crippen molar-refractivity contribution >= 4 is 33.4 Å². The largest absolute Gasteiger partial charge is 0.309 e. The van der Waals surface area contributed by atoms with E-state index in [0.717, 1.165) is 27.1 Å². The van der Waals surface area contributed by atoms with E-state index < -0.39 is 0 Å². The highest BCUT2D eigenvalue weighted by molar-refractivity contribution is 6.32. The van der Waals surface area contributed by atoms with Crippen LogP contribution in [-0.2, 0) is 0 Å². The molecule has 0 fully saturated rings. The van der Waals surface area contributed by atoms with Crippen molar-refractivity contribution < 1.29 is 0 Å². The van der Waals surface area contributed by atoms with Gasteiger partial charge in [-0.05, 0) is 75.8 Å². The molecule has 0 unspecified atom stereocenters. The van der Waals surface area contributed by atoms with Gasteiger partial charge < -0.3 is 4.57 Å². The molecular formula is C36H24ClN. The first-order chi connectivity index (χ1) is 18.7. The summed E-state index contributed by atoms with van der Waals surface area (Å²) in [5.41, 5.74) is 10.7. The summed E-state index contributed by atoms with van der Waals surface area (Å²) in [6.07, 6.45) is 0. The van der Waals surface area contributed by atoms with E-state index in [9.17, 15) is 0 Å². The van der Waals surface area contributed by atoms with Crippen molar-refractivity contribution in [3.05, 3.63) is 151 Å². The maximum atomic E-state index is 6.46. The van der Waals surface area contributed by atoms with Gasteiger partial charge in [-0.2, -0.15) is 0 Å². The standard InChI is InChI=1S/C36H24ClN/c37-31-17-21-35-34(24-31)33-20-16-30(29-13-7-12-28(22-29)26-10-5-2-6-11-26)23-36(33)38(35)32-18-14-27(15-19-32)25-8-3-1-4-9-25/h1-24H. The molecule has 0 amide bonds. The van der Waals surface area contributed by atoms with E-state index >= 15 is 0 Å². The molecule has 0 saturated carbocycles. The van der Waals surface area contributed by atoms with Gasteiger partial charge >= 0.3 is 0 Å². The zero-order chi connectivity index (χ0) is 25.5. The van der Waals surface area contributed by atoms with Crippen molar-refractivity contribution in [2.24, 2.45) is 0 Å². The molecule has 0 aliphatic carbocycles. The molecule has 180 valence electrons. The van der Waals surface area contributed by atoms with Crippen LogP contribution in [0.2, 0.25) is 5.02 Å². The van der Waals surface area contributed by atoms with Crippen LogP contribution in [0.15, 0.2) is 146 Å². The van der Waals surface area contributed by atoms with E-state index in [1.165, 1.54) is 38.8 Å². The van der Waals surface area contributed by atoms with E-state index in [-0.39, 0.29) is 0 Å². The number of hydrogen-bond donors (Lipinski definition) is 0. The van der Waals surface area contributed by atoms with Crippen molar-refractivity contribution in [3.63, 3.8) is 0 Å². The summed E-state index contributed by atoms with van der Waals surface area (Å²) < 4.78 is 2.35. The highest BCUT2D eigenvalue weighted by atomic mass is 35.5. The molecule has 0 N–H and O–H groups in total. The van der Waals surface area contributed by atoms with Crippen LogP contribution in [0, 0.1) is 0 Å². The van der Waals surface area contributed by atoms with Gasteiger partial charge in [0.25, 0.3) is 0 Å². The average Bonchev–Trinajstić information content (AvgIpc) is 3.31. The Labute approximate surface area is 227 Å². The Morgan fingerprint density at radius 3 is 1.63 bits per heavy atom. The van der Waals surface area contributed by atoms with Gasteiger partial charge in [-0.15, -0.1) is 0 Å². The number of fused-ring (bicyclic) bond motifs is 3. The number of rotatable bonds is 4. The summed E-state index contributed by atoms with van der Waals surface area (Å²) in [6.45, 7) is 0. The van der Waals surface area contributed by atoms with Crippen LogP contribution in [0.25, 0.3) is 60.9 Å². The molecule has 2 heteroatoms. The molecule has 0 saturated heterocycles. The maximum Gasteiger partial charge on any atom is 0.0547 e. The maximum absolute atomic E-state index is 6.46. The Morgan fingerprint density at radius 1 is 0.368 bits per heavy atom. The van der Waals surface area contributed by atoms with Gasteiger partial charge in [0.1, 0.15) is 0 Å². The first kappa shape index (κ1) is 22.6. The SMILES string of the molecule is Clc1ccc2c(c1)c1ccc(-c3cccc(-c4ccccc4)c3)cc1n2-c1ccc(-c2ccccc2)cc1. The summed E-state index contributed by atoms with van der Waals surface area (Å²) in [7, 11) is 0. The van der Waals surface area contributed by atoms with Crippen molar-refractivity contribution in [1.82, 2.24) is 4.57 Å². The zero-order valence-electron chi connectivity index (χ0n) is 20.7. The molecule has 6 aromatic carbocycles. The third-order valence-electron chi connectivity index (χ3n) is 7.26. The average molecular weight is 506 g/mol. The topological polar surface area (TPSA) is 4.93 Å². The van der Waals surface area contributed by atoms with Gasteiger partial charge in [0.15, 0.2) is 0 Å². The van der Waals surface area contributed by atoms with Crippen LogP contribution in [0.3, 0.4) is 0 Å². The monoisotopic (exact) mass is 505 g/mol. The number of nitrogens with zero attached hydrogens (tertiary/aromatic N) is 1. The first-order valence-corrected chi connectivity index (χ1v) is 13.2. The van der Waals surface area contributed by atoms with E-state index in [4.69, 9.17) is 11.6 Å². The molecule has 7 aromatic rings. The van der Waals surface area contributed by atoms with Crippen LogP contribution in [0.4, 0.5) is 0 Å². The third-order valence-corrected chi connectivity index (χ3v) is 7.50. The van der Waals surface area contributed by atoms with E-state index in [1.807, 2.05) is 12.1 Å². The van der Waals surface area contributed by atoms with Crippen molar-refractivity contribution in [2.45, 2.75) is 0 Å². The van der Waals surface area contributed by atoms with Gasteiger partial charge in [-0.25, -0.2) is 0 Å². The summed E-state index contributed by atoms with van der Waals surface area (Å²) in [6, 6.07) is 51.5. The Hall–Kier alpha value is -4.59. The smallest absolute Gasteiger partial charge is 0.0547 e. The molecule has 1 aromatic heterocycles. The molecule has 0 atom stereocenters. The van der Waals surface area contributed by atoms with Crippen LogP contribution < -0.4 is 0 Å². The van der Waals surface area contributed by atoms with Gasteiger partial charge in [0.2, 0.25) is 0 Å². The summed E-state index contributed by atoms with van der Waals surface area (Å²) in [4.78, 5) is 0. The van der Waals surface area contributed by atoms with Crippen LogP contribution >= 0.6 is 11.6 Å². The Morgan fingerprint density at radius 2 is 0.921 bits per heavy atom. The lowest BCUT2D eigenvalue weighted by Gasteiger charge is -2.11. The van der Waals surface area contributed by atoms with Crippen LogP contribution in [0.5, 0.6) is 0 Å². The Kier molecular flexibility index (Phi) is 5.57. The minimum absolute atomic E-state index is 0.746. The number of halogens is 1. The van der Waals surface area contributed by atoms with Gasteiger partial charge in [0.05, 0.1) is 11.0 Å². The second-order valence-electron chi connectivity index (χ2n) is 9.59. The van der Waals surface area contributed by atoms with E-state index in [1.54, 1.807) is 0 Å². The molecule has 1 nitrogen and oxygen atoms in total. The molecule has 38 heavy (non-hydrogen) atoms. The fourth-order valence-electron chi connectivity index (χ4n) is 5.39. The molecular weight excluding hydrogens is 482 g/mol. The lowest BCUT2D eigenvalue weighted by molar-refractivity contribution is 1.18. The quantitative estimate of drug-likeness (QED) is 0.224. The lowest BCUT2D eigenvalue weighted by Crippen LogP contribution is -1.94. The van der Waals surface area contributed by atoms with Crippen molar-refractivity contribution in [3.8, 4) is 39.1 Å². The molecule has 0 spiro atoms. The predicted molar refractivity (Wildman–Crippen MR) is 162 cm³/mol. The fraction of sp³-hybridized carbons (Fsp3) is 0. The predicted octanol–water partition coefficient (Wildman–Crippen LogP) is 10.4. The molecule has 0 aliphatic rings. The van der Waals surface area contributed by atoms with Crippen LogP contribution in [-0.4, -0.2) is 4.57 Å². The fourth-order valence-corrected chi connectivity index (χ4v) is 5.57. The second-order valence-corrected chi connectivity index (χ2v) is 10.0. The van der Waals surface area contributed by atoms with Crippen molar-refractivity contribution in [1.29, 1.82) is 0 Å². The molecule has 0 bridgehead atoms. The lowest BCUT2D eigenvalue weighted by atomic mass is 9.98. The normalized spacial score (nSPS) is 11.3. The van der Waals surface area contributed by atoms with Gasteiger partial charge in [-0.1, -0.05) is 115 Å². The Bertz CT molecular complexity index is 1900. The number of hydrogen-bond acceptors (Lipinski definition) is 0. The Balaban J connectivity index is 1.40. The molecule has 7 rings (SSSR count). The van der Waals surface area contributed by atoms with Crippen LogP contribution in [0.1, 0.15) is 0 Å². The molecule has 0 radical (unpaired) electrons. The summed E-state index contributed by atoms with van der Waals surface area (Å²) in [5.74, 6) is 0. The van der Waals surface area contributed by atoms with E-state index in [2.05, 4.69) is 138 Å². The van der Waals surface area contributed by atoms with Crippen molar-refractivity contribution in [2.75, 3.05) is 0 Å². The second kappa shape index (κ2) is 9.37. The highest BCUT2D eigenvalue weighted by Crippen LogP contribution is 2.37. The van der Waals surface area contributed by atoms with Gasteiger partial charge in [-0.3, -0.25) is 0 Å². The summed E-state index contributed by atoms with van der Waals surface area (Å²) >= 11 is 6.46. The minimum atomic E-state index is 0.746. The molecule has 0 aliphatic heterocycles. The first-order valence-electron chi connectivity index (χ1n) is 12.8. The summed E-state index contributed by atoms with van der Waals surface area (Å²) in [5, 5.41) is 3.09. The number of benzene rings is 6.